The number of aryl methyl sites for hydroxylation is 1. The van der Waals surface area contributed by atoms with Gasteiger partial charge in [-0.2, -0.15) is 5.26 Å². The SMILES string of the molecule is CCc1ccc(NS(=O)(=O)c2ccc([C@@H](C)NC(=O)O)cc2)c2[nH]cc(C#N)c12. The van der Waals surface area contributed by atoms with Gasteiger partial charge in [0.15, 0.2) is 0 Å². The van der Waals surface area contributed by atoms with Gasteiger partial charge in [-0.15, -0.1) is 0 Å². The molecule has 3 aromatic rings. The molecule has 4 N–H and O–H groups in total. The first-order valence-corrected chi connectivity index (χ1v) is 10.4. The lowest BCUT2D eigenvalue weighted by molar-refractivity contribution is 0.191. The number of carboxylic acid groups (broad SMARTS) is 1. The molecule has 0 aliphatic rings. The number of anilines is 1. The lowest BCUT2D eigenvalue weighted by Gasteiger charge is -2.14. The Morgan fingerprint density at radius 2 is 1.93 bits per heavy atom. The second-order valence-electron chi connectivity index (χ2n) is 6.54. The summed E-state index contributed by atoms with van der Waals surface area (Å²) in [5.74, 6) is 0. The van der Waals surface area contributed by atoms with Crippen molar-refractivity contribution in [3.8, 4) is 6.07 Å². The van der Waals surface area contributed by atoms with Crippen molar-refractivity contribution in [2.45, 2.75) is 31.2 Å². The molecule has 2 aromatic carbocycles. The summed E-state index contributed by atoms with van der Waals surface area (Å²) in [7, 11) is -3.88. The molecule has 0 spiro atoms. The monoisotopic (exact) mass is 412 g/mol. The summed E-state index contributed by atoms with van der Waals surface area (Å²) in [6, 6.07) is 11.1. The number of rotatable bonds is 6. The second kappa shape index (κ2) is 7.85. The molecule has 1 aromatic heterocycles. The number of aromatic amines is 1. The van der Waals surface area contributed by atoms with Crippen LogP contribution >= 0.6 is 0 Å². The minimum Gasteiger partial charge on any atom is -0.465 e. The largest absolute Gasteiger partial charge is 0.465 e. The number of sulfonamides is 1. The molecule has 0 aliphatic carbocycles. The van der Waals surface area contributed by atoms with E-state index in [4.69, 9.17) is 5.11 Å². The molecule has 1 atom stereocenters. The molecule has 0 fully saturated rings. The van der Waals surface area contributed by atoms with E-state index in [9.17, 15) is 18.5 Å². The zero-order valence-corrected chi connectivity index (χ0v) is 16.7. The van der Waals surface area contributed by atoms with Gasteiger partial charge in [-0.1, -0.05) is 25.1 Å². The lowest BCUT2D eigenvalue weighted by atomic mass is 10.0. The number of aromatic nitrogens is 1. The van der Waals surface area contributed by atoms with E-state index in [1.807, 2.05) is 6.92 Å². The van der Waals surface area contributed by atoms with Gasteiger partial charge < -0.3 is 15.4 Å². The molecule has 0 saturated carbocycles. The van der Waals surface area contributed by atoms with E-state index in [-0.39, 0.29) is 4.90 Å². The Labute approximate surface area is 168 Å². The van der Waals surface area contributed by atoms with Crippen LogP contribution in [0, 0.1) is 11.3 Å². The third-order valence-corrected chi connectivity index (χ3v) is 6.08. The third kappa shape index (κ3) is 4.02. The molecule has 29 heavy (non-hydrogen) atoms. The van der Waals surface area contributed by atoms with Crippen LogP contribution in [0.25, 0.3) is 10.9 Å². The topological polar surface area (TPSA) is 135 Å². The van der Waals surface area contributed by atoms with Crippen LogP contribution in [-0.4, -0.2) is 24.6 Å². The average molecular weight is 412 g/mol. The Balaban J connectivity index is 1.93. The number of nitriles is 1. The summed E-state index contributed by atoms with van der Waals surface area (Å²) in [4.78, 5) is 13.8. The van der Waals surface area contributed by atoms with Crippen molar-refractivity contribution in [1.29, 1.82) is 5.26 Å². The summed E-state index contributed by atoms with van der Waals surface area (Å²) in [5.41, 5.74) is 2.96. The average Bonchev–Trinajstić information content (AvgIpc) is 3.12. The first kappa shape index (κ1) is 20.2. The maximum atomic E-state index is 12.8. The van der Waals surface area contributed by atoms with Crippen molar-refractivity contribution in [3.63, 3.8) is 0 Å². The predicted molar refractivity (Wildman–Crippen MR) is 109 cm³/mol. The fraction of sp³-hybridized carbons (Fsp3) is 0.200. The lowest BCUT2D eigenvalue weighted by Crippen LogP contribution is -2.24. The zero-order valence-electron chi connectivity index (χ0n) is 15.9. The van der Waals surface area contributed by atoms with Crippen molar-refractivity contribution in [2.75, 3.05) is 4.72 Å². The number of hydrogen-bond acceptors (Lipinski definition) is 4. The first-order valence-electron chi connectivity index (χ1n) is 8.92. The van der Waals surface area contributed by atoms with E-state index < -0.39 is 22.2 Å². The molecular formula is C20H20N4O4S. The van der Waals surface area contributed by atoms with Gasteiger partial charge >= 0.3 is 6.09 Å². The second-order valence-corrected chi connectivity index (χ2v) is 8.22. The van der Waals surface area contributed by atoms with Crippen LogP contribution in [0.15, 0.2) is 47.5 Å². The molecule has 0 saturated heterocycles. The fourth-order valence-electron chi connectivity index (χ4n) is 3.20. The number of carbonyl (C=O) groups is 1. The molecule has 8 nitrogen and oxygen atoms in total. The van der Waals surface area contributed by atoms with Crippen LogP contribution in [-0.2, 0) is 16.4 Å². The number of H-pyrrole nitrogens is 1. The molecule has 9 heteroatoms. The van der Waals surface area contributed by atoms with Crippen molar-refractivity contribution < 1.29 is 18.3 Å². The van der Waals surface area contributed by atoms with Crippen LogP contribution in [0.4, 0.5) is 10.5 Å². The highest BCUT2D eigenvalue weighted by atomic mass is 32.2. The smallest absolute Gasteiger partial charge is 0.405 e. The normalized spacial score (nSPS) is 12.3. The maximum absolute atomic E-state index is 12.8. The molecule has 0 unspecified atom stereocenters. The Kier molecular flexibility index (Phi) is 5.48. The predicted octanol–water partition coefficient (Wildman–Crippen LogP) is 3.73. The summed E-state index contributed by atoms with van der Waals surface area (Å²) in [5, 5.41) is 21.1. The summed E-state index contributed by atoms with van der Waals surface area (Å²) in [6.45, 7) is 3.63. The zero-order chi connectivity index (χ0) is 21.2. The first-order chi connectivity index (χ1) is 13.8. The Hall–Kier alpha value is -3.51. The number of fused-ring (bicyclic) bond motifs is 1. The van der Waals surface area contributed by atoms with Gasteiger partial charge in [-0.05, 0) is 42.7 Å². The summed E-state index contributed by atoms with van der Waals surface area (Å²) < 4.78 is 28.2. The summed E-state index contributed by atoms with van der Waals surface area (Å²) in [6.07, 6.45) is 1.12. The van der Waals surface area contributed by atoms with Gasteiger partial charge in [-0.3, -0.25) is 4.72 Å². The van der Waals surface area contributed by atoms with E-state index in [2.05, 4.69) is 21.1 Å². The van der Waals surface area contributed by atoms with Gasteiger partial charge in [0.1, 0.15) is 6.07 Å². The van der Waals surface area contributed by atoms with E-state index in [1.165, 1.54) is 12.1 Å². The molecular weight excluding hydrogens is 392 g/mol. The van der Waals surface area contributed by atoms with Gasteiger partial charge in [0, 0.05) is 11.6 Å². The number of benzene rings is 2. The Bertz CT molecular complexity index is 1210. The van der Waals surface area contributed by atoms with E-state index in [0.29, 0.717) is 34.1 Å². The minimum atomic E-state index is -3.88. The molecule has 0 radical (unpaired) electrons. The molecule has 1 amide bonds. The van der Waals surface area contributed by atoms with E-state index >= 15 is 0 Å². The van der Waals surface area contributed by atoms with E-state index in [1.54, 1.807) is 37.4 Å². The highest BCUT2D eigenvalue weighted by molar-refractivity contribution is 7.92. The standard InChI is InChI=1S/C20H20N4O4S/c1-3-13-6-9-17(19-18(13)15(10-21)11-22-19)24-29(27,28)16-7-4-14(5-8-16)12(2)23-20(25)26/h4-9,11-12,22-24H,3H2,1-2H3,(H,25,26)/t12-/m1/s1. The van der Waals surface area contributed by atoms with Crippen LogP contribution in [0.1, 0.15) is 36.6 Å². The van der Waals surface area contributed by atoms with E-state index in [0.717, 1.165) is 5.56 Å². The molecule has 150 valence electrons. The minimum absolute atomic E-state index is 0.0450. The number of nitrogens with zero attached hydrogens (tertiary/aromatic N) is 1. The molecule has 1 heterocycles. The Morgan fingerprint density at radius 3 is 2.52 bits per heavy atom. The highest BCUT2D eigenvalue weighted by Gasteiger charge is 2.19. The third-order valence-electron chi connectivity index (χ3n) is 4.70. The number of hydrogen-bond donors (Lipinski definition) is 4. The van der Waals surface area contributed by atoms with Crippen LogP contribution in [0.3, 0.4) is 0 Å². The van der Waals surface area contributed by atoms with Gasteiger partial charge in [0.05, 0.1) is 27.7 Å². The van der Waals surface area contributed by atoms with Gasteiger partial charge in [0.2, 0.25) is 0 Å². The molecule has 0 aliphatic heterocycles. The van der Waals surface area contributed by atoms with Crippen LogP contribution in [0.2, 0.25) is 0 Å². The van der Waals surface area contributed by atoms with Crippen LogP contribution in [0.5, 0.6) is 0 Å². The molecule has 0 bridgehead atoms. The maximum Gasteiger partial charge on any atom is 0.405 e. The number of nitrogens with one attached hydrogen (secondary N) is 3. The van der Waals surface area contributed by atoms with Crippen molar-refractivity contribution in [1.82, 2.24) is 10.3 Å². The highest BCUT2D eigenvalue weighted by Crippen LogP contribution is 2.30. The van der Waals surface area contributed by atoms with Crippen LogP contribution < -0.4 is 10.0 Å². The number of amides is 1. The van der Waals surface area contributed by atoms with Gasteiger partial charge in [-0.25, -0.2) is 13.2 Å². The van der Waals surface area contributed by atoms with Crippen molar-refractivity contribution >= 4 is 32.7 Å². The Morgan fingerprint density at radius 1 is 1.24 bits per heavy atom. The van der Waals surface area contributed by atoms with Crippen molar-refractivity contribution in [2.24, 2.45) is 0 Å². The van der Waals surface area contributed by atoms with Crippen molar-refractivity contribution in [3.05, 3.63) is 59.3 Å². The van der Waals surface area contributed by atoms with Gasteiger partial charge in [0.25, 0.3) is 10.0 Å². The quantitative estimate of drug-likeness (QED) is 0.489. The summed E-state index contributed by atoms with van der Waals surface area (Å²) >= 11 is 0. The fourth-order valence-corrected chi connectivity index (χ4v) is 4.27. The molecule has 3 rings (SSSR count).